The molecule has 1 aromatic heterocycles. The Morgan fingerprint density at radius 2 is 1.85 bits per heavy atom. The highest BCUT2D eigenvalue weighted by Gasteiger charge is 2.26. The van der Waals surface area contributed by atoms with Crippen molar-refractivity contribution >= 4 is 21.6 Å². The van der Waals surface area contributed by atoms with Gasteiger partial charge in [0, 0.05) is 36.8 Å². The fourth-order valence-corrected chi connectivity index (χ4v) is 4.91. The molecule has 2 aromatic rings. The van der Waals surface area contributed by atoms with Crippen molar-refractivity contribution in [2.45, 2.75) is 32.6 Å². The lowest BCUT2D eigenvalue weighted by molar-refractivity contribution is 0.276. The second-order valence-electron chi connectivity index (χ2n) is 6.71. The fourth-order valence-electron chi connectivity index (χ4n) is 3.22. The summed E-state index contributed by atoms with van der Waals surface area (Å²) in [6, 6.07) is 6.98. The molecule has 1 saturated heterocycles. The molecule has 26 heavy (non-hydrogen) atoms. The van der Waals surface area contributed by atoms with E-state index in [0.29, 0.717) is 24.7 Å². The fraction of sp³-hybridized carbons (Fsp3) is 0.500. The summed E-state index contributed by atoms with van der Waals surface area (Å²) in [5.41, 5.74) is 2.76. The van der Waals surface area contributed by atoms with Crippen LogP contribution in [0.2, 0.25) is 5.02 Å². The average molecular weight is 398 g/mol. The highest BCUT2D eigenvalue weighted by atomic mass is 35.5. The van der Waals surface area contributed by atoms with Gasteiger partial charge in [0.2, 0.25) is 10.0 Å². The smallest absolute Gasteiger partial charge is 0.218 e. The van der Waals surface area contributed by atoms with E-state index >= 15 is 0 Å². The van der Waals surface area contributed by atoms with E-state index in [-0.39, 0.29) is 5.75 Å². The van der Waals surface area contributed by atoms with Crippen LogP contribution in [0.15, 0.2) is 28.8 Å². The number of benzene rings is 1. The highest BCUT2D eigenvalue weighted by molar-refractivity contribution is 7.88. The molecular formula is C18H24ClN3O3S. The molecule has 0 bridgehead atoms. The van der Waals surface area contributed by atoms with Crippen molar-refractivity contribution < 1.29 is 12.9 Å². The molecule has 0 amide bonds. The molecule has 0 N–H and O–H groups in total. The number of halogens is 1. The Balaban J connectivity index is 1.63. The van der Waals surface area contributed by atoms with Crippen molar-refractivity contribution in [3.63, 3.8) is 0 Å². The number of nitrogens with zero attached hydrogens (tertiary/aromatic N) is 3. The van der Waals surface area contributed by atoms with Crippen LogP contribution in [0.25, 0.3) is 0 Å². The Kier molecular flexibility index (Phi) is 6.02. The van der Waals surface area contributed by atoms with Crippen LogP contribution >= 0.6 is 11.6 Å². The Bertz CT molecular complexity index is 830. The van der Waals surface area contributed by atoms with Gasteiger partial charge in [0.15, 0.2) is 0 Å². The number of aryl methyl sites for hydroxylation is 2. The number of rotatable bonds is 5. The maximum Gasteiger partial charge on any atom is 0.218 e. The van der Waals surface area contributed by atoms with Crippen LogP contribution in [0.5, 0.6) is 0 Å². The van der Waals surface area contributed by atoms with Gasteiger partial charge in [-0.15, -0.1) is 0 Å². The molecule has 0 atom stereocenters. The largest absolute Gasteiger partial charge is 0.361 e. The van der Waals surface area contributed by atoms with E-state index in [1.165, 1.54) is 0 Å². The molecule has 1 aliphatic rings. The predicted molar refractivity (Wildman–Crippen MR) is 102 cm³/mol. The Morgan fingerprint density at radius 1 is 1.12 bits per heavy atom. The summed E-state index contributed by atoms with van der Waals surface area (Å²) in [6.45, 7) is 7.20. The van der Waals surface area contributed by atoms with E-state index in [9.17, 15) is 8.42 Å². The van der Waals surface area contributed by atoms with Crippen LogP contribution in [0.1, 0.15) is 29.0 Å². The molecule has 1 fully saturated rings. The molecule has 0 radical (unpaired) electrons. The molecule has 2 heterocycles. The zero-order valence-electron chi connectivity index (χ0n) is 15.1. The monoisotopic (exact) mass is 397 g/mol. The molecule has 0 saturated carbocycles. The molecular weight excluding hydrogens is 374 g/mol. The quantitative estimate of drug-likeness (QED) is 0.775. The van der Waals surface area contributed by atoms with Crippen LogP contribution in [-0.4, -0.2) is 49.0 Å². The summed E-state index contributed by atoms with van der Waals surface area (Å²) >= 11 is 5.87. The van der Waals surface area contributed by atoms with Crippen LogP contribution in [-0.2, 0) is 22.3 Å². The first-order valence-corrected chi connectivity index (χ1v) is 10.7. The van der Waals surface area contributed by atoms with Crippen molar-refractivity contribution in [2.24, 2.45) is 0 Å². The van der Waals surface area contributed by atoms with Gasteiger partial charge >= 0.3 is 0 Å². The first-order chi connectivity index (χ1) is 12.3. The lowest BCUT2D eigenvalue weighted by atomic mass is 10.2. The summed E-state index contributed by atoms with van der Waals surface area (Å²) in [4.78, 5) is 2.27. The van der Waals surface area contributed by atoms with Gasteiger partial charge in [-0.25, -0.2) is 12.7 Å². The molecule has 6 nitrogen and oxygen atoms in total. The van der Waals surface area contributed by atoms with Gasteiger partial charge in [-0.2, -0.15) is 0 Å². The number of sulfonamides is 1. The second-order valence-corrected chi connectivity index (χ2v) is 9.12. The first-order valence-electron chi connectivity index (χ1n) is 8.71. The topological polar surface area (TPSA) is 66.7 Å². The molecule has 8 heteroatoms. The van der Waals surface area contributed by atoms with Crippen molar-refractivity contribution in [1.82, 2.24) is 14.4 Å². The molecule has 0 unspecified atom stereocenters. The molecule has 3 rings (SSSR count). The summed E-state index contributed by atoms with van der Waals surface area (Å²) in [7, 11) is -3.34. The minimum atomic E-state index is -3.34. The highest BCUT2D eigenvalue weighted by Crippen LogP contribution is 2.19. The third-order valence-electron chi connectivity index (χ3n) is 4.77. The summed E-state index contributed by atoms with van der Waals surface area (Å²) < 4.78 is 32.4. The minimum absolute atomic E-state index is 0.00797. The van der Waals surface area contributed by atoms with E-state index in [4.69, 9.17) is 16.1 Å². The molecule has 1 aliphatic heterocycles. The Hall–Kier alpha value is -1.41. The molecule has 0 aliphatic carbocycles. The van der Waals surface area contributed by atoms with Crippen LogP contribution in [0, 0.1) is 13.8 Å². The van der Waals surface area contributed by atoms with E-state index in [2.05, 4.69) is 10.1 Å². The summed E-state index contributed by atoms with van der Waals surface area (Å²) in [6.07, 6.45) is 0.809. The van der Waals surface area contributed by atoms with Crippen molar-refractivity contribution in [2.75, 3.05) is 26.2 Å². The third kappa shape index (κ3) is 4.65. The maximum absolute atomic E-state index is 12.8. The lowest BCUT2D eigenvalue weighted by Gasteiger charge is -2.21. The van der Waals surface area contributed by atoms with E-state index in [1.807, 2.05) is 13.8 Å². The lowest BCUT2D eigenvalue weighted by Crippen LogP contribution is -2.35. The first kappa shape index (κ1) is 19.4. The maximum atomic E-state index is 12.8. The normalized spacial score (nSPS) is 17.3. The van der Waals surface area contributed by atoms with Crippen LogP contribution in [0.3, 0.4) is 0 Å². The Morgan fingerprint density at radius 3 is 2.50 bits per heavy atom. The van der Waals surface area contributed by atoms with Crippen LogP contribution < -0.4 is 0 Å². The number of hydrogen-bond acceptors (Lipinski definition) is 5. The van der Waals surface area contributed by atoms with E-state index in [0.717, 1.165) is 42.1 Å². The standard InChI is InChI=1S/C18H24ClN3O3S/c1-14-18(15(2)25-20-14)12-21-8-3-9-22(11-10-21)26(23,24)13-16-4-6-17(19)7-5-16/h4-7H,3,8-13H2,1-2H3. The van der Waals surface area contributed by atoms with Gasteiger partial charge in [0.05, 0.1) is 11.4 Å². The molecule has 142 valence electrons. The van der Waals surface area contributed by atoms with Crippen molar-refractivity contribution in [3.8, 4) is 0 Å². The number of aromatic nitrogens is 1. The zero-order valence-corrected chi connectivity index (χ0v) is 16.7. The molecule has 1 aromatic carbocycles. The van der Waals surface area contributed by atoms with Crippen molar-refractivity contribution in [1.29, 1.82) is 0 Å². The average Bonchev–Trinajstić information content (AvgIpc) is 2.79. The predicted octanol–water partition coefficient (Wildman–Crippen LogP) is 2.98. The Labute approximate surface area is 159 Å². The van der Waals surface area contributed by atoms with Crippen molar-refractivity contribution in [3.05, 3.63) is 51.9 Å². The summed E-state index contributed by atoms with van der Waals surface area (Å²) in [5, 5.41) is 4.60. The van der Waals surface area contributed by atoms with Gasteiger partial charge in [0.1, 0.15) is 5.76 Å². The van der Waals surface area contributed by atoms with Gasteiger partial charge in [0.25, 0.3) is 0 Å². The van der Waals surface area contributed by atoms with Gasteiger partial charge in [-0.3, -0.25) is 4.90 Å². The molecule has 0 spiro atoms. The van der Waals surface area contributed by atoms with Crippen LogP contribution in [0.4, 0.5) is 0 Å². The van der Waals surface area contributed by atoms with Gasteiger partial charge < -0.3 is 4.52 Å². The number of hydrogen-bond donors (Lipinski definition) is 0. The van der Waals surface area contributed by atoms with E-state index < -0.39 is 10.0 Å². The third-order valence-corrected chi connectivity index (χ3v) is 6.87. The SMILES string of the molecule is Cc1noc(C)c1CN1CCCN(S(=O)(=O)Cc2ccc(Cl)cc2)CC1. The van der Waals surface area contributed by atoms with Gasteiger partial charge in [-0.1, -0.05) is 28.9 Å². The minimum Gasteiger partial charge on any atom is -0.361 e. The van der Waals surface area contributed by atoms with Gasteiger partial charge in [-0.05, 0) is 44.5 Å². The van der Waals surface area contributed by atoms with E-state index in [1.54, 1.807) is 28.6 Å². The zero-order chi connectivity index (χ0) is 18.7. The second kappa shape index (κ2) is 8.08. The summed E-state index contributed by atoms with van der Waals surface area (Å²) in [5.74, 6) is 0.840.